The number of aliphatic hydroxyl groups is 1. The van der Waals surface area contributed by atoms with Gasteiger partial charge in [0.25, 0.3) is 5.91 Å². The van der Waals surface area contributed by atoms with E-state index in [4.69, 9.17) is 11.6 Å². The van der Waals surface area contributed by atoms with Gasteiger partial charge in [-0.15, -0.1) is 11.3 Å². The van der Waals surface area contributed by atoms with Gasteiger partial charge < -0.3 is 10.4 Å². The summed E-state index contributed by atoms with van der Waals surface area (Å²) >= 11 is 7.33. The highest BCUT2D eigenvalue weighted by atomic mass is 35.5. The molecule has 39 heavy (non-hydrogen) atoms. The number of rotatable bonds is 7. The number of β-amino-alcohol motifs (C(OH)–C–C–N with tert-alkyl or cyclic N) is 1. The molecule has 2 saturated heterocycles. The Balaban J connectivity index is 1.45. The highest BCUT2D eigenvalue weighted by Gasteiger charge is 2.45. The summed E-state index contributed by atoms with van der Waals surface area (Å²) in [6, 6.07) is 11.8. The molecule has 4 heterocycles. The van der Waals surface area contributed by atoms with Crippen molar-refractivity contribution in [3.05, 3.63) is 68.8 Å². The standard InChI is InChI=1S/C25H27ClFN5O5S2/c1-15-19(10-12-31(24(15)34)39(36,37)30-11-9-17(33)14-30)22-21(27)23(28-13-18-7-8-20(26)38-18)32(29-22)25(35)16-5-3-2-4-6-16/h2-8,15,17,19,28,33H,9-14H2,1H3. The number of carbonyl (C=O) groups is 2. The van der Waals surface area contributed by atoms with Crippen molar-refractivity contribution in [2.45, 2.75) is 38.3 Å². The predicted molar refractivity (Wildman–Crippen MR) is 144 cm³/mol. The Morgan fingerprint density at radius 3 is 2.59 bits per heavy atom. The molecule has 2 fully saturated rings. The van der Waals surface area contributed by atoms with Gasteiger partial charge >= 0.3 is 10.2 Å². The van der Waals surface area contributed by atoms with E-state index < -0.39 is 45.8 Å². The van der Waals surface area contributed by atoms with Crippen LogP contribution in [0, 0.1) is 11.7 Å². The van der Waals surface area contributed by atoms with Crippen LogP contribution in [-0.4, -0.2) is 69.5 Å². The number of carbonyl (C=O) groups excluding carboxylic acids is 2. The number of hydrogen-bond acceptors (Lipinski definition) is 8. The fourth-order valence-electron chi connectivity index (χ4n) is 4.95. The Kier molecular flexibility index (Phi) is 7.80. The van der Waals surface area contributed by atoms with Gasteiger partial charge in [0.1, 0.15) is 5.69 Å². The molecule has 2 N–H and O–H groups in total. The smallest absolute Gasteiger partial charge is 0.306 e. The zero-order valence-electron chi connectivity index (χ0n) is 21.0. The normalized spacial score (nSPS) is 22.4. The van der Waals surface area contributed by atoms with Crippen molar-refractivity contribution in [1.82, 2.24) is 18.4 Å². The molecule has 3 aromatic rings. The maximum atomic E-state index is 16.0. The number of aromatic nitrogens is 2. The number of thiophene rings is 1. The Morgan fingerprint density at radius 2 is 1.95 bits per heavy atom. The van der Waals surface area contributed by atoms with Gasteiger partial charge in [0.2, 0.25) is 5.91 Å². The molecule has 14 heteroatoms. The molecule has 0 saturated carbocycles. The first-order valence-electron chi connectivity index (χ1n) is 12.4. The molecule has 208 valence electrons. The zero-order valence-corrected chi connectivity index (χ0v) is 23.3. The molecule has 0 aliphatic carbocycles. The Bertz CT molecular complexity index is 1500. The number of piperidine rings is 1. The van der Waals surface area contributed by atoms with E-state index in [0.29, 0.717) is 16.3 Å². The second-order valence-electron chi connectivity index (χ2n) is 9.59. The SMILES string of the molecule is CC1C(=O)N(S(=O)(=O)N2CCC(O)C2)CCC1c1nn(C(=O)c2ccccc2)c(NCc2ccc(Cl)s2)c1F. The quantitative estimate of drug-likeness (QED) is 0.429. The number of nitrogens with zero attached hydrogens (tertiary/aromatic N) is 4. The number of anilines is 1. The van der Waals surface area contributed by atoms with Crippen LogP contribution >= 0.6 is 22.9 Å². The molecule has 0 radical (unpaired) electrons. The molecule has 2 aliphatic heterocycles. The third-order valence-corrected chi connectivity index (χ3v) is 10.2. The molecule has 0 bridgehead atoms. The predicted octanol–water partition coefficient (Wildman–Crippen LogP) is 3.30. The zero-order chi connectivity index (χ0) is 27.9. The van der Waals surface area contributed by atoms with Crippen LogP contribution in [0.5, 0.6) is 0 Å². The van der Waals surface area contributed by atoms with E-state index >= 15 is 4.39 Å². The van der Waals surface area contributed by atoms with Crippen LogP contribution in [0.2, 0.25) is 4.34 Å². The molecular formula is C25H27ClFN5O5S2. The van der Waals surface area contributed by atoms with E-state index in [2.05, 4.69) is 10.4 Å². The second kappa shape index (κ2) is 11.0. The largest absolute Gasteiger partial charge is 0.392 e. The Morgan fingerprint density at radius 1 is 1.21 bits per heavy atom. The maximum Gasteiger partial charge on any atom is 0.306 e. The van der Waals surface area contributed by atoms with Gasteiger partial charge in [-0.25, -0.2) is 8.70 Å². The van der Waals surface area contributed by atoms with Crippen LogP contribution in [-0.2, 0) is 21.5 Å². The van der Waals surface area contributed by atoms with Crippen LogP contribution in [0.3, 0.4) is 0 Å². The molecule has 0 spiro atoms. The molecule has 5 rings (SSSR count). The van der Waals surface area contributed by atoms with Gasteiger partial charge in [0, 0.05) is 41.9 Å². The molecule has 2 aliphatic rings. The van der Waals surface area contributed by atoms with Crippen molar-refractivity contribution in [3.8, 4) is 0 Å². The molecule has 3 atom stereocenters. The third-order valence-electron chi connectivity index (χ3n) is 7.09. The van der Waals surface area contributed by atoms with E-state index in [1.807, 2.05) is 0 Å². The number of benzene rings is 1. The monoisotopic (exact) mass is 595 g/mol. The summed E-state index contributed by atoms with van der Waals surface area (Å²) in [6.07, 6.45) is -0.359. The minimum absolute atomic E-state index is 0.0744. The van der Waals surface area contributed by atoms with Crippen molar-refractivity contribution in [3.63, 3.8) is 0 Å². The highest BCUT2D eigenvalue weighted by Crippen LogP contribution is 2.38. The van der Waals surface area contributed by atoms with Crippen molar-refractivity contribution >= 4 is 50.8 Å². The molecule has 2 aromatic heterocycles. The lowest BCUT2D eigenvalue weighted by Crippen LogP contribution is -2.52. The van der Waals surface area contributed by atoms with Gasteiger partial charge in [-0.05, 0) is 37.1 Å². The Hall–Kier alpha value is -2.84. The topological polar surface area (TPSA) is 125 Å². The lowest BCUT2D eigenvalue weighted by molar-refractivity contribution is -0.133. The number of amides is 1. The summed E-state index contributed by atoms with van der Waals surface area (Å²) in [5, 5.41) is 17.1. The van der Waals surface area contributed by atoms with Gasteiger partial charge in [0.15, 0.2) is 11.6 Å². The first-order chi connectivity index (χ1) is 18.6. The number of hydrogen-bond donors (Lipinski definition) is 2. The molecule has 1 amide bonds. The van der Waals surface area contributed by atoms with Crippen molar-refractivity contribution in [2.24, 2.45) is 5.92 Å². The molecule has 10 nitrogen and oxygen atoms in total. The minimum atomic E-state index is -4.12. The summed E-state index contributed by atoms with van der Waals surface area (Å²) in [7, 11) is -4.12. The number of halogens is 2. The van der Waals surface area contributed by atoms with Gasteiger partial charge in [-0.3, -0.25) is 9.59 Å². The van der Waals surface area contributed by atoms with E-state index in [-0.39, 0.29) is 44.1 Å². The maximum absolute atomic E-state index is 16.0. The van der Waals surface area contributed by atoms with E-state index in [9.17, 15) is 23.1 Å². The van der Waals surface area contributed by atoms with Gasteiger partial charge in [-0.2, -0.15) is 22.5 Å². The summed E-state index contributed by atoms with van der Waals surface area (Å²) in [4.78, 5) is 27.4. The summed E-state index contributed by atoms with van der Waals surface area (Å²) in [5.74, 6) is -3.84. The fraction of sp³-hybridized carbons (Fsp3) is 0.400. The van der Waals surface area contributed by atoms with Crippen LogP contribution in [0.15, 0.2) is 42.5 Å². The lowest BCUT2D eigenvalue weighted by Gasteiger charge is -2.36. The second-order valence-corrected chi connectivity index (χ2v) is 13.2. The third kappa shape index (κ3) is 5.33. The van der Waals surface area contributed by atoms with Crippen molar-refractivity contribution in [1.29, 1.82) is 0 Å². The first kappa shape index (κ1) is 27.7. The Labute approximate surface area is 234 Å². The first-order valence-corrected chi connectivity index (χ1v) is 15.0. The van der Waals surface area contributed by atoms with E-state index in [1.165, 1.54) is 18.3 Å². The highest BCUT2D eigenvalue weighted by molar-refractivity contribution is 7.87. The summed E-state index contributed by atoms with van der Waals surface area (Å²) in [6.45, 7) is 1.60. The van der Waals surface area contributed by atoms with Crippen LogP contribution < -0.4 is 5.32 Å². The summed E-state index contributed by atoms with van der Waals surface area (Å²) in [5.41, 5.74) is 0.215. The lowest BCUT2D eigenvalue weighted by atomic mass is 9.84. The van der Waals surface area contributed by atoms with Crippen molar-refractivity contribution in [2.75, 3.05) is 25.0 Å². The fourth-order valence-corrected chi connectivity index (χ4v) is 7.68. The van der Waals surface area contributed by atoms with Crippen LogP contribution in [0.25, 0.3) is 0 Å². The number of aliphatic hydroxyl groups excluding tert-OH is 1. The van der Waals surface area contributed by atoms with Crippen molar-refractivity contribution < 1.29 is 27.5 Å². The molecule has 1 aromatic carbocycles. The molecule has 3 unspecified atom stereocenters. The minimum Gasteiger partial charge on any atom is -0.392 e. The van der Waals surface area contributed by atoms with Crippen LogP contribution in [0.4, 0.5) is 10.2 Å². The van der Waals surface area contributed by atoms with Crippen LogP contribution in [0.1, 0.15) is 46.6 Å². The van der Waals surface area contributed by atoms with E-state index in [1.54, 1.807) is 42.5 Å². The molecular weight excluding hydrogens is 569 g/mol. The average Bonchev–Trinajstić information content (AvgIpc) is 3.63. The average molecular weight is 596 g/mol. The summed E-state index contributed by atoms with van der Waals surface area (Å²) < 4.78 is 45.6. The number of nitrogens with one attached hydrogen (secondary N) is 1. The van der Waals surface area contributed by atoms with Gasteiger partial charge in [0.05, 0.1) is 17.0 Å². The van der Waals surface area contributed by atoms with Gasteiger partial charge in [-0.1, -0.05) is 36.7 Å². The van der Waals surface area contributed by atoms with E-state index in [0.717, 1.165) is 18.2 Å².